The van der Waals surface area contributed by atoms with Gasteiger partial charge in [0.05, 0.1) is 0 Å². The van der Waals surface area contributed by atoms with Gasteiger partial charge < -0.3 is 0 Å². The van der Waals surface area contributed by atoms with Gasteiger partial charge in [0.25, 0.3) is 0 Å². The first-order chi connectivity index (χ1) is 4.83. The van der Waals surface area contributed by atoms with E-state index in [-0.39, 0.29) is 0 Å². The third kappa shape index (κ3) is 1.95. The average molecular weight is 157 g/mol. The molecule has 0 aliphatic carbocycles. The first-order valence-electron chi connectivity index (χ1n) is 3.16. The molecule has 10 heavy (non-hydrogen) atoms. The van der Waals surface area contributed by atoms with Gasteiger partial charge in [0.1, 0.15) is 5.82 Å². The monoisotopic (exact) mass is 156 g/mol. The second kappa shape index (κ2) is 3.52. The van der Waals surface area contributed by atoms with Gasteiger partial charge in [-0.2, -0.15) is 0 Å². The molecule has 0 aliphatic heterocycles. The molecule has 0 atom stereocenters. The maximum absolute atomic E-state index is 5.52. The molecule has 0 unspecified atom stereocenters. The van der Waals surface area contributed by atoms with Crippen LogP contribution in [0.4, 0.5) is 0 Å². The van der Waals surface area contributed by atoms with Crippen LogP contribution in [0.5, 0.6) is 0 Å². The summed E-state index contributed by atoms with van der Waals surface area (Å²) in [4.78, 5) is 8.06. The molecule has 0 spiro atoms. The third-order valence-electron chi connectivity index (χ3n) is 1.22. The van der Waals surface area contributed by atoms with Gasteiger partial charge >= 0.3 is 0 Å². The van der Waals surface area contributed by atoms with Crippen molar-refractivity contribution in [3.8, 4) is 0 Å². The Balaban J connectivity index is 2.69. The van der Waals surface area contributed by atoms with E-state index in [4.69, 9.17) is 11.6 Å². The van der Waals surface area contributed by atoms with Gasteiger partial charge in [0, 0.05) is 18.3 Å². The van der Waals surface area contributed by atoms with Crippen molar-refractivity contribution in [2.45, 2.75) is 13.3 Å². The van der Waals surface area contributed by atoms with Gasteiger partial charge in [-0.3, -0.25) is 0 Å². The highest BCUT2D eigenvalue weighted by Gasteiger charge is 1.91. The number of rotatable bonds is 2. The Labute approximate surface area is 65.3 Å². The summed E-state index contributed by atoms with van der Waals surface area (Å²) in [6.45, 7) is 1.87. The first kappa shape index (κ1) is 7.48. The summed E-state index contributed by atoms with van der Waals surface area (Å²) in [5.74, 6) is 1.44. The Morgan fingerprint density at radius 3 is 2.50 bits per heavy atom. The van der Waals surface area contributed by atoms with E-state index < -0.39 is 0 Å². The highest BCUT2D eigenvalue weighted by atomic mass is 35.5. The number of aromatic nitrogens is 2. The lowest BCUT2D eigenvalue weighted by atomic mass is 10.3. The number of halogens is 1. The van der Waals surface area contributed by atoms with E-state index in [2.05, 4.69) is 9.97 Å². The molecule has 0 amide bonds. The van der Waals surface area contributed by atoms with E-state index in [9.17, 15) is 0 Å². The Morgan fingerprint density at radius 1 is 1.40 bits per heavy atom. The molecule has 54 valence electrons. The van der Waals surface area contributed by atoms with Gasteiger partial charge in [-0.15, -0.1) is 11.6 Å². The predicted octanol–water partition coefficient (Wildman–Crippen LogP) is 1.57. The third-order valence-corrected chi connectivity index (χ3v) is 1.41. The Kier molecular flexibility index (Phi) is 2.63. The topological polar surface area (TPSA) is 25.8 Å². The molecule has 0 bridgehead atoms. The molecule has 3 heteroatoms. The fraction of sp³-hybridized carbons (Fsp3) is 0.429. The summed E-state index contributed by atoms with van der Waals surface area (Å²) in [6.07, 6.45) is 4.47. The first-order valence-corrected chi connectivity index (χ1v) is 3.70. The Morgan fingerprint density at radius 2 is 2.00 bits per heavy atom. The Bertz CT molecular complexity index is 195. The van der Waals surface area contributed by atoms with E-state index in [1.165, 1.54) is 0 Å². The second-order valence-electron chi connectivity index (χ2n) is 2.08. The molecule has 1 rings (SSSR count). The molecule has 0 saturated heterocycles. The number of alkyl halides is 1. The van der Waals surface area contributed by atoms with Crippen molar-refractivity contribution in [3.63, 3.8) is 0 Å². The molecule has 0 fully saturated rings. The molecule has 0 N–H and O–H groups in total. The van der Waals surface area contributed by atoms with Crippen molar-refractivity contribution in [2.24, 2.45) is 0 Å². The highest BCUT2D eigenvalue weighted by Crippen LogP contribution is 1.97. The number of aryl methyl sites for hydroxylation is 2. The van der Waals surface area contributed by atoms with E-state index in [1.807, 2.05) is 19.3 Å². The van der Waals surface area contributed by atoms with Gasteiger partial charge in [-0.25, -0.2) is 9.97 Å². The number of nitrogens with zero attached hydrogens (tertiary/aromatic N) is 2. The van der Waals surface area contributed by atoms with E-state index in [0.717, 1.165) is 17.8 Å². The van der Waals surface area contributed by atoms with Crippen molar-refractivity contribution in [2.75, 3.05) is 5.88 Å². The zero-order valence-corrected chi connectivity index (χ0v) is 6.60. The highest BCUT2D eigenvalue weighted by molar-refractivity contribution is 6.17. The molecule has 2 nitrogen and oxygen atoms in total. The molecule has 1 aromatic heterocycles. The maximum atomic E-state index is 5.52. The van der Waals surface area contributed by atoms with Crippen molar-refractivity contribution in [1.82, 2.24) is 9.97 Å². The molecule has 1 heterocycles. The summed E-state index contributed by atoms with van der Waals surface area (Å²) in [6, 6.07) is 0. The molecular formula is C7H9ClN2. The second-order valence-corrected chi connectivity index (χ2v) is 2.46. The zero-order chi connectivity index (χ0) is 7.40. The average Bonchev–Trinajstić information content (AvgIpc) is 1.95. The van der Waals surface area contributed by atoms with Gasteiger partial charge in [0.2, 0.25) is 0 Å². The van der Waals surface area contributed by atoms with E-state index in [1.54, 1.807) is 0 Å². The largest absolute Gasteiger partial charge is 0.241 e. The molecular weight excluding hydrogens is 148 g/mol. The number of hydrogen-bond acceptors (Lipinski definition) is 2. The summed E-state index contributed by atoms with van der Waals surface area (Å²) in [7, 11) is 0. The van der Waals surface area contributed by atoms with Gasteiger partial charge in [0.15, 0.2) is 0 Å². The zero-order valence-electron chi connectivity index (χ0n) is 5.84. The van der Waals surface area contributed by atoms with Crippen molar-refractivity contribution < 1.29 is 0 Å². The molecule has 0 saturated carbocycles. The predicted molar refractivity (Wildman–Crippen MR) is 41.2 cm³/mol. The van der Waals surface area contributed by atoms with Crippen molar-refractivity contribution >= 4 is 11.6 Å². The van der Waals surface area contributed by atoms with Gasteiger partial charge in [-0.05, 0) is 18.9 Å². The summed E-state index contributed by atoms with van der Waals surface area (Å²) in [5.41, 5.74) is 1.10. The molecule has 0 radical (unpaired) electrons. The van der Waals surface area contributed by atoms with Crippen LogP contribution in [0.1, 0.15) is 11.4 Å². The smallest absolute Gasteiger partial charge is 0.125 e. The fourth-order valence-electron chi connectivity index (χ4n) is 0.658. The van der Waals surface area contributed by atoms with Crippen LogP contribution in [0, 0.1) is 6.92 Å². The minimum Gasteiger partial charge on any atom is -0.241 e. The lowest BCUT2D eigenvalue weighted by molar-refractivity contribution is 0.992. The summed E-state index contributed by atoms with van der Waals surface area (Å²) in [5, 5.41) is 0. The van der Waals surface area contributed by atoms with Crippen LogP contribution in [0.25, 0.3) is 0 Å². The molecule has 0 aromatic carbocycles. The van der Waals surface area contributed by atoms with Crippen LogP contribution >= 0.6 is 11.6 Å². The summed E-state index contributed by atoms with van der Waals surface area (Å²) >= 11 is 5.52. The normalized spacial score (nSPS) is 9.80. The van der Waals surface area contributed by atoms with Crippen molar-refractivity contribution in [3.05, 3.63) is 23.8 Å². The van der Waals surface area contributed by atoms with Crippen molar-refractivity contribution in [1.29, 1.82) is 0 Å². The lowest BCUT2D eigenvalue weighted by Gasteiger charge is -1.94. The minimum atomic E-state index is 0.631. The van der Waals surface area contributed by atoms with Crippen LogP contribution in [0.3, 0.4) is 0 Å². The summed E-state index contributed by atoms with van der Waals surface area (Å²) < 4.78 is 0. The quantitative estimate of drug-likeness (QED) is 0.608. The lowest BCUT2D eigenvalue weighted by Crippen LogP contribution is -1.91. The van der Waals surface area contributed by atoms with Gasteiger partial charge in [-0.1, -0.05) is 0 Å². The van der Waals surface area contributed by atoms with Crippen LogP contribution < -0.4 is 0 Å². The van der Waals surface area contributed by atoms with Crippen LogP contribution in [-0.4, -0.2) is 15.8 Å². The SMILES string of the molecule is Cc1ncc(CCCl)cn1. The van der Waals surface area contributed by atoms with E-state index >= 15 is 0 Å². The number of hydrogen-bond donors (Lipinski definition) is 0. The maximum Gasteiger partial charge on any atom is 0.125 e. The van der Waals surface area contributed by atoms with E-state index in [0.29, 0.717) is 5.88 Å². The molecule has 1 aromatic rings. The Hall–Kier alpha value is -0.630. The minimum absolute atomic E-state index is 0.631. The van der Waals surface area contributed by atoms with Crippen LogP contribution in [0.15, 0.2) is 12.4 Å². The fourth-order valence-corrected chi connectivity index (χ4v) is 0.876. The molecule has 0 aliphatic rings. The van der Waals surface area contributed by atoms with Crippen LogP contribution in [0.2, 0.25) is 0 Å². The van der Waals surface area contributed by atoms with Crippen LogP contribution in [-0.2, 0) is 6.42 Å². The standard InChI is InChI=1S/C7H9ClN2/c1-6-9-4-7(2-3-8)5-10-6/h4-5H,2-3H2,1H3.